The molecule has 2 heterocycles. The maximum absolute atomic E-state index is 11.7. The molecule has 0 spiro atoms. The highest BCUT2D eigenvalue weighted by molar-refractivity contribution is 5.94. The highest BCUT2D eigenvalue weighted by atomic mass is 16.2. The normalized spacial score (nSPS) is 20.5. The van der Waals surface area contributed by atoms with E-state index in [0.29, 0.717) is 5.82 Å². The van der Waals surface area contributed by atoms with E-state index in [-0.39, 0.29) is 11.9 Å². The predicted molar refractivity (Wildman–Crippen MR) is 57.6 cm³/mol. The molecular formula is C10H16N4O. The Balaban J connectivity index is 1.99. The van der Waals surface area contributed by atoms with E-state index in [9.17, 15) is 4.79 Å². The van der Waals surface area contributed by atoms with Gasteiger partial charge in [-0.15, -0.1) is 0 Å². The standard InChI is InChI=1S/C10H16N4O/c1-7-6-9(13-14(7)2)12-10(15)8-4-3-5-11-8/h6,8,11H,3-5H2,1-2H3,(H,12,13,15)/t8-/m0/s1. The van der Waals surface area contributed by atoms with Crippen LogP contribution in [0.25, 0.3) is 0 Å². The van der Waals surface area contributed by atoms with Gasteiger partial charge in [-0.05, 0) is 26.3 Å². The van der Waals surface area contributed by atoms with Crippen molar-refractivity contribution in [3.05, 3.63) is 11.8 Å². The van der Waals surface area contributed by atoms with Crippen molar-refractivity contribution in [2.45, 2.75) is 25.8 Å². The topological polar surface area (TPSA) is 59.0 Å². The molecular weight excluding hydrogens is 192 g/mol. The number of hydrogen-bond donors (Lipinski definition) is 2. The molecule has 1 aliphatic heterocycles. The molecule has 5 heteroatoms. The first-order valence-electron chi connectivity index (χ1n) is 5.22. The summed E-state index contributed by atoms with van der Waals surface area (Å²) in [5, 5.41) is 10.1. The molecule has 1 amide bonds. The van der Waals surface area contributed by atoms with E-state index >= 15 is 0 Å². The summed E-state index contributed by atoms with van der Waals surface area (Å²) >= 11 is 0. The molecule has 0 aromatic carbocycles. The second kappa shape index (κ2) is 4.02. The molecule has 15 heavy (non-hydrogen) atoms. The molecule has 1 fully saturated rings. The molecule has 82 valence electrons. The molecule has 1 atom stereocenters. The van der Waals surface area contributed by atoms with E-state index in [1.165, 1.54) is 0 Å². The van der Waals surface area contributed by atoms with Crippen molar-refractivity contribution in [1.29, 1.82) is 0 Å². The lowest BCUT2D eigenvalue weighted by molar-refractivity contribution is -0.117. The number of amides is 1. The minimum atomic E-state index is -0.0488. The molecule has 1 aromatic rings. The van der Waals surface area contributed by atoms with Crippen LogP contribution >= 0.6 is 0 Å². The summed E-state index contributed by atoms with van der Waals surface area (Å²) in [6.07, 6.45) is 1.98. The Kier molecular flexibility index (Phi) is 2.73. The van der Waals surface area contributed by atoms with Gasteiger partial charge in [0.25, 0.3) is 0 Å². The Bertz CT molecular complexity index is 346. The number of hydrogen-bond acceptors (Lipinski definition) is 3. The van der Waals surface area contributed by atoms with Gasteiger partial charge in [0.05, 0.1) is 6.04 Å². The van der Waals surface area contributed by atoms with E-state index in [2.05, 4.69) is 15.7 Å². The van der Waals surface area contributed by atoms with Gasteiger partial charge in [-0.2, -0.15) is 5.10 Å². The number of carbonyl (C=O) groups is 1. The van der Waals surface area contributed by atoms with Crippen molar-refractivity contribution in [2.75, 3.05) is 11.9 Å². The van der Waals surface area contributed by atoms with Crippen molar-refractivity contribution in [3.63, 3.8) is 0 Å². The number of nitrogens with one attached hydrogen (secondary N) is 2. The third-order valence-corrected chi connectivity index (χ3v) is 2.74. The fourth-order valence-electron chi connectivity index (χ4n) is 1.74. The van der Waals surface area contributed by atoms with Crippen molar-refractivity contribution >= 4 is 11.7 Å². The minimum Gasteiger partial charge on any atom is -0.308 e. The molecule has 1 aliphatic rings. The largest absolute Gasteiger partial charge is 0.308 e. The minimum absolute atomic E-state index is 0.0191. The van der Waals surface area contributed by atoms with Crippen LogP contribution < -0.4 is 10.6 Å². The summed E-state index contributed by atoms with van der Waals surface area (Å²) in [6.45, 7) is 2.88. The summed E-state index contributed by atoms with van der Waals surface area (Å²) in [4.78, 5) is 11.7. The number of rotatable bonds is 2. The quantitative estimate of drug-likeness (QED) is 0.740. The average Bonchev–Trinajstić information content (AvgIpc) is 2.77. The molecule has 0 radical (unpaired) electrons. The lowest BCUT2D eigenvalue weighted by Gasteiger charge is -2.08. The van der Waals surface area contributed by atoms with Crippen molar-refractivity contribution in [1.82, 2.24) is 15.1 Å². The van der Waals surface area contributed by atoms with Gasteiger partial charge in [-0.1, -0.05) is 0 Å². The zero-order valence-electron chi connectivity index (χ0n) is 9.08. The lowest BCUT2D eigenvalue weighted by Crippen LogP contribution is -2.35. The van der Waals surface area contributed by atoms with Crippen molar-refractivity contribution in [2.24, 2.45) is 7.05 Å². The number of carbonyl (C=O) groups excluding carboxylic acids is 1. The molecule has 2 rings (SSSR count). The highest BCUT2D eigenvalue weighted by Crippen LogP contribution is 2.10. The second-order valence-electron chi connectivity index (χ2n) is 3.93. The Morgan fingerprint density at radius 2 is 2.53 bits per heavy atom. The summed E-state index contributed by atoms with van der Waals surface area (Å²) in [6, 6.07) is 1.82. The Morgan fingerprint density at radius 1 is 1.73 bits per heavy atom. The maximum Gasteiger partial charge on any atom is 0.242 e. The summed E-state index contributed by atoms with van der Waals surface area (Å²) in [5.74, 6) is 0.652. The molecule has 5 nitrogen and oxygen atoms in total. The maximum atomic E-state index is 11.7. The Labute approximate surface area is 88.8 Å². The van der Waals surface area contributed by atoms with E-state index in [4.69, 9.17) is 0 Å². The Hall–Kier alpha value is -1.36. The zero-order chi connectivity index (χ0) is 10.8. The molecule has 1 saturated heterocycles. The van der Waals surface area contributed by atoms with Gasteiger partial charge in [0, 0.05) is 18.8 Å². The summed E-state index contributed by atoms with van der Waals surface area (Å²) in [5.41, 5.74) is 1.03. The first-order valence-corrected chi connectivity index (χ1v) is 5.22. The first kappa shape index (κ1) is 10.2. The third kappa shape index (κ3) is 2.18. The summed E-state index contributed by atoms with van der Waals surface area (Å²) in [7, 11) is 1.86. The fourth-order valence-corrected chi connectivity index (χ4v) is 1.74. The number of anilines is 1. The van der Waals surface area contributed by atoms with Gasteiger partial charge in [-0.3, -0.25) is 9.48 Å². The van der Waals surface area contributed by atoms with Crippen LogP contribution in [0.15, 0.2) is 6.07 Å². The molecule has 0 aliphatic carbocycles. The van der Waals surface area contributed by atoms with Crippen LogP contribution in [0, 0.1) is 6.92 Å². The van der Waals surface area contributed by atoms with E-state index < -0.39 is 0 Å². The molecule has 0 unspecified atom stereocenters. The third-order valence-electron chi connectivity index (χ3n) is 2.74. The first-order chi connectivity index (χ1) is 7.16. The lowest BCUT2D eigenvalue weighted by atomic mass is 10.2. The van der Waals surface area contributed by atoms with Crippen LogP contribution in [-0.4, -0.2) is 28.3 Å². The van der Waals surface area contributed by atoms with Crippen molar-refractivity contribution in [3.8, 4) is 0 Å². The Morgan fingerprint density at radius 3 is 3.07 bits per heavy atom. The number of aryl methyl sites for hydroxylation is 2. The molecule has 2 N–H and O–H groups in total. The van der Waals surface area contributed by atoms with Gasteiger partial charge in [0.1, 0.15) is 0 Å². The van der Waals surface area contributed by atoms with Crippen LogP contribution in [0.4, 0.5) is 5.82 Å². The van der Waals surface area contributed by atoms with Crippen molar-refractivity contribution < 1.29 is 4.79 Å². The molecule has 1 aromatic heterocycles. The molecule has 0 bridgehead atoms. The zero-order valence-corrected chi connectivity index (χ0v) is 9.08. The monoisotopic (exact) mass is 208 g/mol. The van der Waals surface area contributed by atoms with Gasteiger partial charge in [-0.25, -0.2) is 0 Å². The van der Waals surface area contributed by atoms with E-state index in [1.807, 2.05) is 20.0 Å². The van der Waals surface area contributed by atoms with Crippen LogP contribution in [0.1, 0.15) is 18.5 Å². The van der Waals surface area contributed by atoms with Gasteiger partial charge in [0.2, 0.25) is 5.91 Å². The van der Waals surface area contributed by atoms with Crippen LogP contribution in [0.3, 0.4) is 0 Å². The van der Waals surface area contributed by atoms with E-state index in [1.54, 1.807) is 4.68 Å². The van der Waals surface area contributed by atoms with Crippen LogP contribution in [-0.2, 0) is 11.8 Å². The van der Waals surface area contributed by atoms with Crippen LogP contribution in [0.5, 0.6) is 0 Å². The predicted octanol–water partition coefficient (Wildman–Crippen LogP) is 0.419. The van der Waals surface area contributed by atoms with Crippen LogP contribution in [0.2, 0.25) is 0 Å². The van der Waals surface area contributed by atoms with Gasteiger partial charge < -0.3 is 10.6 Å². The second-order valence-corrected chi connectivity index (χ2v) is 3.93. The molecule has 0 saturated carbocycles. The average molecular weight is 208 g/mol. The highest BCUT2D eigenvalue weighted by Gasteiger charge is 2.22. The summed E-state index contributed by atoms with van der Waals surface area (Å²) < 4.78 is 1.75. The smallest absolute Gasteiger partial charge is 0.242 e. The van der Waals surface area contributed by atoms with Gasteiger partial charge >= 0.3 is 0 Å². The SMILES string of the molecule is Cc1cc(NC(=O)[C@@H]2CCCN2)nn1C. The van der Waals surface area contributed by atoms with E-state index in [0.717, 1.165) is 25.1 Å². The number of aromatic nitrogens is 2. The number of nitrogens with zero attached hydrogens (tertiary/aromatic N) is 2. The fraction of sp³-hybridized carbons (Fsp3) is 0.600. The van der Waals surface area contributed by atoms with Gasteiger partial charge in [0.15, 0.2) is 5.82 Å².